The van der Waals surface area contributed by atoms with Gasteiger partial charge in [0.05, 0.1) is 12.2 Å². The zero-order chi connectivity index (χ0) is 13.7. The predicted molar refractivity (Wildman–Crippen MR) is 69.7 cm³/mol. The minimum Gasteiger partial charge on any atom is -0.346 e. The summed E-state index contributed by atoms with van der Waals surface area (Å²) in [7, 11) is 0. The first-order valence-electron chi connectivity index (χ1n) is 5.87. The zero-order valence-electron chi connectivity index (χ0n) is 10.3. The van der Waals surface area contributed by atoms with Crippen LogP contribution in [0.25, 0.3) is 0 Å². The number of nitrogens with two attached hydrogens (primary N) is 1. The quantitative estimate of drug-likeness (QED) is 0.876. The van der Waals surface area contributed by atoms with Gasteiger partial charge in [0.2, 0.25) is 0 Å². The fourth-order valence-electron chi connectivity index (χ4n) is 1.61. The van der Waals surface area contributed by atoms with Gasteiger partial charge in [-0.3, -0.25) is 9.78 Å². The van der Waals surface area contributed by atoms with E-state index in [4.69, 9.17) is 5.73 Å². The molecule has 1 heterocycles. The van der Waals surface area contributed by atoms with Gasteiger partial charge in [0, 0.05) is 18.3 Å². The van der Waals surface area contributed by atoms with Crippen LogP contribution < -0.4 is 11.1 Å². The third kappa shape index (κ3) is 3.35. The Morgan fingerprint density at radius 1 is 1.26 bits per heavy atom. The van der Waals surface area contributed by atoms with E-state index >= 15 is 0 Å². The summed E-state index contributed by atoms with van der Waals surface area (Å²) in [6.07, 6.45) is 1.49. The second-order valence-electron chi connectivity index (χ2n) is 4.02. The summed E-state index contributed by atoms with van der Waals surface area (Å²) < 4.78 is 13.3. The molecule has 0 unspecified atom stereocenters. The summed E-state index contributed by atoms with van der Waals surface area (Å²) in [4.78, 5) is 15.7. The molecule has 0 fully saturated rings. The van der Waals surface area contributed by atoms with Gasteiger partial charge in [0.25, 0.3) is 5.91 Å². The molecular formula is C14H14FN3O. The van der Waals surface area contributed by atoms with Gasteiger partial charge < -0.3 is 11.1 Å². The van der Waals surface area contributed by atoms with E-state index in [0.29, 0.717) is 12.1 Å². The first kappa shape index (κ1) is 13.2. The number of amides is 1. The second-order valence-corrected chi connectivity index (χ2v) is 4.02. The van der Waals surface area contributed by atoms with E-state index in [9.17, 15) is 9.18 Å². The van der Waals surface area contributed by atoms with Crippen LogP contribution in [-0.4, -0.2) is 10.9 Å². The Bertz CT molecular complexity index is 569. The monoisotopic (exact) mass is 259 g/mol. The van der Waals surface area contributed by atoms with Crippen molar-refractivity contribution in [3.8, 4) is 0 Å². The fraction of sp³-hybridized carbons (Fsp3) is 0.143. The average Bonchev–Trinajstić information content (AvgIpc) is 2.46. The maximum atomic E-state index is 13.3. The second kappa shape index (κ2) is 6.06. The maximum Gasteiger partial charge on any atom is 0.251 e. The topological polar surface area (TPSA) is 68.0 Å². The maximum absolute atomic E-state index is 13.3. The summed E-state index contributed by atoms with van der Waals surface area (Å²) in [5.41, 5.74) is 7.15. The van der Waals surface area contributed by atoms with E-state index in [0.717, 1.165) is 5.56 Å². The molecule has 2 rings (SSSR count). The van der Waals surface area contributed by atoms with E-state index < -0.39 is 5.82 Å². The van der Waals surface area contributed by atoms with Crippen molar-refractivity contribution in [2.75, 3.05) is 0 Å². The zero-order valence-corrected chi connectivity index (χ0v) is 10.3. The summed E-state index contributed by atoms with van der Waals surface area (Å²) in [5.74, 6) is -0.699. The molecule has 0 atom stereocenters. The van der Waals surface area contributed by atoms with Crippen LogP contribution in [0.3, 0.4) is 0 Å². The molecule has 0 aliphatic carbocycles. The third-order valence-electron chi connectivity index (χ3n) is 2.70. The molecule has 19 heavy (non-hydrogen) atoms. The predicted octanol–water partition coefficient (Wildman–Crippen LogP) is 1.61. The van der Waals surface area contributed by atoms with Crippen LogP contribution in [0.2, 0.25) is 0 Å². The molecule has 5 heteroatoms. The van der Waals surface area contributed by atoms with Crippen molar-refractivity contribution in [1.82, 2.24) is 10.3 Å². The molecule has 0 saturated carbocycles. The molecule has 0 bridgehead atoms. The molecule has 1 aromatic carbocycles. The number of nitrogens with zero attached hydrogens (tertiary/aromatic N) is 1. The van der Waals surface area contributed by atoms with Crippen molar-refractivity contribution >= 4 is 5.91 Å². The third-order valence-corrected chi connectivity index (χ3v) is 2.70. The first-order valence-corrected chi connectivity index (χ1v) is 5.87. The minimum atomic E-state index is -0.429. The van der Waals surface area contributed by atoms with Crippen LogP contribution >= 0.6 is 0 Å². The van der Waals surface area contributed by atoms with Crippen molar-refractivity contribution in [1.29, 1.82) is 0 Å². The van der Waals surface area contributed by atoms with Gasteiger partial charge in [-0.05, 0) is 29.8 Å². The molecule has 0 spiro atoms. The average molecular weight is 259 g/mol. The Morgan fingerprint density at radius 2 is 2.00 bits per heavy atom. The molecule has 0 aliphatic rings. The largest absolute Gasteiger partial charge is 0.346 e. The molecule has 0 aliphatic heterocycles. The van der Waals surface area contributed by atoms with Crippen molar-refractivity contribution < 1.29 is 9.18 Å². The molecule has 4 nitrogen and oxygen atoms in total. The van der Waals surface area contributed by atoms with E-state index in [1.807, 2.05) is 0 Å². The lowest BCUT2D eigenvalue weighted by atomic mass is 10.1. The standard InChI is InChI=1S/C14H14FN3O/c15-12-2-1-7-17-13(12)9-18-14(19)11-5-3-10(8-16)4-6-11/h1-7H,8-9,16H2,(H,18,19). The Balaban J connectivity index is 1.99. The number of carbonyl (C=O) groups is 1. The number of nitrogens with one attached hydrogen (secondary N) is 1. The highest BCUT2D eigenvalue weighted by atomic mass is 19.1. The van der Waals surface area contributed by atoms with Gasteiger partial charge in [-0.15, -0.1) is 0 Å². The molecule has 1 amide bonds. The first-order chi connectivity index (χ1) is 9.20. The van der Waals surface area contributed by atoms with Gasteiger partial charge in [-0.2, -0.15) is 0 Å². The summed E-state index contributed by atoms with van der Waals surface area (Å²) in [6, 6.07) is 9.77. The Morgan fingerprint density at radius 3 is 2.63 bits per heavy atom. The van der Waals surface area contributed by atoms with Gasteiger partial charge >= 0.3 is 0 Å². The van der Waals surface area contributed by atoms with Crippen LogP contribution in [-0.2, 0) is 13.1 Å². The van der Waals surface area contributed by atoms with Crippen LogP contribution in [0.4, 0.5) is 4.39 Å². The van der Waals surface area contributed by atoms with Crippen molar-refractivity contribution in [2.45, 2.75) is 13.1 Å². The lowest BCUT2D eigenvalue weighted by Gasteiger charge is -2.06. The van der Waals surface area contributed by atoms with Gasteiger partial charge in [0.1, 0.15) is 5.82 Å². The molecule has 0 saturated heterocycles. The summed E-state index contributed by atoms with van der Waals surface area (Å²) in [5, 5.41) is 2.62. The van der Waals surface area contributed by atoms with E-state index in [1.54, 1.807) is 24.3 Å². The lowest BCUT2D eigenvalue weighted by molar-refractivity contribution is 0.0950. The normalized spacial score (nSPS) is 10.2. The summed E-state index contributed by atoms with van der Waals surface area (Å²) >= 11 is 0. The SMILES string of the molecule is NCc1ccc(C(=O)NCc2ncccc2F)cc1. The van der Waals surface area contributed by atoms with Crippen LogP contribution in [0.5, 0.6) is 0 Å². The van der Waals surface area contributed by atoms with Crippen molar-refractivity contribution in [3.63, 3.8) is 0 Å². The smallest absolute Gasteiger partial charge is 0.251 e. The number of rotatable bonds is 4. The molecule has 98 valence electrons. The Labute approximate surface area is 110 Å². The number of hydrogen-bond acceptors (Lipinski definition) is 3. The Kier molecular flexibility index (Phi) is 4.20. The van der Waals surface area contributed by atoms with Crippen molar-refractivity contribution in [3.05, 3.63) is 65.2 Å². The number of carbonyl (C=O) groups excluding carboxylic acids is 1. The molecule has 0 radical (unpaired) electrons. The number of halogens is 1. The van der Waals surface area contributed by atoms with E-state index in [-0.39, 0.29) is 18.1 Å². The van der Waals surface area contributed by atoms with Gasteiger partial charge in [0.15, 0.2) is 0 Å². The Hall–Kier alpha value is -2.27. The van der Waals surface area contributed by atoms with Crippen LogP contribution in [0, 0.1) is 5.82 Å². The fourth-order valence-corrected chi connectivity index (χ4v) is 1.61. The highest BCUT2D eigenvalue weighted by Crippen LogP contribution is 2.05. The van der Waals surface area contributed by atoms with E-state index in [2.05, 4.69) is 10.3 Å². The molecule has 3 N–H and O–H groups in total. The number of hydrogen-bond donors (Lipinski definition) is 2. The molecule has 2 aromatic rings. The van der Waals surface area contributed by atoms with Crippen LogP contribution in [0.1, 0.15) is 21.6 Å². The van der Waals surface area contributed by atoms with E-state index in [1.165, 1.54) is 18.3 Å². The van der Waals surface area contributed by atoms with Gasteiger partial charge in [-0.1, -0.05) is 12.1 Å². The molecule has 1 aromatic heterocycles. The highest BCUT2D eigenvalue weighted by Gasteiger charge is 2.07. The minimum absolute atomic E-state index is 0.0597. The lowest BCUT2D eigenvalue weighted by Crippen LogP contribution is -2.23. The summed E-state index contributed by atoms with van der Waals surface area (Å²) in [6.45, 7) is 0.491. The number of aromatic nitrogens is 1. The molecular weight excluding hydrogens is 245 g/mol. The van der Waals surface area contributed by atoms with Crippen LogP contribution in [0.15, 0.2) is 42.6 Å². The number of pyridine rings is 1. The van der Waals surface area contributed by atoms with Gasteiger partial charge in [-0.25, -0.2) is 4.39 Å². The number of benzene rings is 1. The highest BCUT2D eigenvalue weighted by molar-refractivity contribution is 5.94. The van der Waals surface area contributed by atoms with Crippen molar-refractivity contribution in [2.24, 2.45) is 5.73 Å².